The third kappa shape index (κ3) is 3.45. The molecule has 1 amide bonds. The van der Waals surface area contributed by atoms with E-state index in [1.54, 1.807) is 24.3 Å². The smallest absolute Gasteiger partial charge is 0.323 e. The lowest BCUT2D eigenvalue weighted by Crippen LogP contribution is -2.42. The van der Waals surface area contributed by atoms with Crippen molar-refractivity contribution >= 4 is 29.2 Å². The average molecular weight is 284 g/mol. The Labute approximate surface area is 115 Å². The molecule has 1 N–H and O–H groups in total. The van der Waals surface area contributed by atoms with Crippen LogP contribution in [-0.4, -0.2) is 36.2 Å². The Kier molecular flexibility index (Phi) is 4.39. The number of carboxylic acids is 1. The number of halogens is 1. The number of nitrogens with zero attached hydrogens (tertiary/aromatic N) is 1. The van der Waals surface area contributed by atoms with Crippen LogP contribution in [0, 0.1) is 0 Å². The molecular formula is C13H14ClNO4. The molecular weight excluding hydrogens is 270 g/mol. The van der Waals surface area contributed by atoms with Gasteiger partial charge < -0.3 is 9.84 Å². The molecule has 1 fully saturated rings. The molecule has 6 heteroatoms. The van der Waals surface area contributed by atoms with Gasteiger partial charge in [0.05, 0.1) is 0 Å². The number of carbonyl (C=O) groups excluding carboxylic acids is 1. The van der Waals surface area contributed by atoms with Gasteiger partial charge in [0.25, 0.3) is 5.91 Å². The van der Waals surface area contributed by atoms with E-state index in [9.17, 15) is 9.59 Å². The van der Waals surface area contributed by atoms with E-state index >= 15 is 0 Å². The SMILES string of the molecule is O=C(O)CN(C(=O)[C@H]1CCCO1)c1cccc(Cl)c1. The standard InChI is InChI=1S/C13H14ClNO4/c14-9-3-1-4-10(7-9)15(8-12(16)17)13(18)11-5-2-6-19-11/h1,3-4,7,11H,2,5-6,8H2,(H,16,17)/t11-/m1/s1. The highest BCUT2D eigenvalue weighted by Gasteiger charge is 2.30. The molecule has 0 aromatic heterocycles. The van der Waals surface area contributed by atoms with E-state index in [1.807, 2.05) is 0 Å². The lowest BCUT2D eigenvalue weighted by molar-refractivity contribution is -0.137. The number of ether oxygens (including phenoxy) is 1. The molecule has 1 aromatic carbocycles. The molecule has 1 saturated heterocycles. The van der Waals surface area contributed by atoms with Crippen LogP contribution >= 0.6 is 11.6 Å². The van der Waals surface area contributed by atoms with Gasteiger partial charge in [-0.3, -0.25) is 14.5 Å². The number of hydrogen-bond acceptors (Lipinski definition) is 3. The third-order valence-electron chi connectivity index (χ3n) is 2.88. The molecule has 102 valence electrons. The summed E-state index contributed by atoms with van der Waals surface area (Å²) in [5.41, 5.74) is 0.468. The number of carbonyl (C=O) groups is 2. The topological polar surface area (TPSA) is 66.8 Å². The summed E-state index contributed by atoms with van der Waals surface area (Å²) in [4.78, 5) is 24.4. The van der Waals surface area contributed by atoms with Crippen molar-refractivity contribution in [2.45, 2.75) is 18.9 Å². The second-order valence-electron chi connectivity index (χ2n) is 4.30. The van der Waals surface area contributed by atoms with E-state index in [-0.39, 0.29) is 5.91 Å². The normalized spacial score (nSPS) is 18.3. The maximum atomic E-state index is 12.3. The van der Waals surface area contributed by atoms with Crippen LogP contribution in [0.15, 0.2) is 24.3 Å². The van der Waals surface area contributed by atoms with E-state index in [0.29, 0.717) is 23.7 Å². The number of rotatable bonds is 4. The zero-order valence-corrected chi connectivity index (χ0v) is 11.0. The van der Waals surface area contributed by atoms with Gasteiger partial charge in [-0.2, -0.15) is 0 Å². The molecule has 1 aromatic rings. The summed E-state index contributed by atoms with van der Waals surface area (Å²) < 4.78 is 5.31. The van der Waals surface area contributed by atoms with Crippen molar-refractivity contribution in [3.8, 4) is 0 Å². The molecule has 0 bridgehead atoms. The van der Waals surface area contributed by atoms with Crippen LogP contribution in [0.5, 0.6) is 0 Å². The summed E-state index contributed by atoms with van der Waals surface area (Å²) in [6.07, 6.45) is 0.876. The van der Waals surface area contributed by atoms with E-state index in [2.05, 4.69) is 0 Å². The number of carboxylic acid groups (broad SMARTS) is 1. The summed E-state index contributed by atoms with van der Waals surface area (Å²) in [6.45, 7) is 0.131. The lowest BCUT2D eigenvalue weighted by Gasteiger charge is -2.23. The minimum Gasteiger partial charge on any atom is -0.480 e. The van der Waals surface area contributed by atoms with Crippen molar-refractivity contribution in [3.63, 3.8) is 0 Å². The molecule has 1 atom stereocenters. The molecule has 5 nitrogen and oxygen atoms in total. The van der Waals surface area contributed by atoms with Gasteiger partial charge in [0.15, 0.2) is 0 Å². The van der Waals surface area contributed by atoms with Crippen molar-refractivity contribution in [3.05, 3.63) is 29.3 Å². The molecule has 1 aliphatic heterocycles. The number of hydrogen-bond donors (Lipinski definition) is 1. The fraction of sp³-hybridized carbons (Fsp3) is 0.385. The predicted octanol–water partition coefficient (Wildman–Crippen LogP) is 1.94. The van der Waals surface area contributed by atoms with Crippen LogP contribution in [-0.2, 0) is 14.3 Å². The Hall–Kier alpha value is -1.59. The zero-order chi connectivity index (χ0) is 13.8. The van der Waals surface area contributed by atoms with Crippen LogP contribution in [0.3, 0.4) is 0 Å². The van der Waals surface area contributed by atoms with E-state index in [0.717, 1.165) is 6.42 Å². The maximum Gasteiger partial charge on any atom is 0.323 e. The summed E-state index contributed by atoms with van der Waals surface area (Å²) in [6, 6.07) is 6.56. The largest absolute Gasteiger partial charge is 0.480 e. The summed E-state index contributed by atoms with van der Waals surface area (Å²) in [5.74, 6) is -1.41. The minimum atomic E-state index is -1.08. The molecule has 0 radical (unpaired) electrons. The van der Waals surface area contributed by atoms with Gasteiger partial charge in [-0.1, -0.05) is 17.7 Å². The van der Waals surface area contributed by atoms with Crippen molar-refractivity contribution in [2.24, 2.45) is 0 Å². The van der Waals surface area contributed by atoms with Gasteiger partial charge in [-0.15, -0.1) is 0 Å². The first-order chi connectivity index (χ1) is 9.08. The van der Waals surface area contributed by atoms with E-state index in [4.69, 9.17) is 21.4 Å². The molecule has 0 unspecified atom stereocenters. The Morgan fingerprint density at radius 2 is 2.26 bits per heavy atom. The van der Waals surface area contributed by atoms with Crippen LogP contribution in [0.1, 0.15) is 12.8 Å². The fourth-order valence-electron chi connectivity index (χ4n) is 2.02. The Morgan fingerprint density at radius 3 is 2.84 bits per heavy atom. The molecule has 0 aliphatic carbocycles. The summed E-state index contributed by atoms with van der Waals surface area (Å²) in [7, 11) is 0. The van der Waals surface area contributed by atoms with Gasteiger partial charge in [0, 0.05) is 17.3 Å². The second kappa shape index (κ2) is 6.04. The van der Waals surface area contributed by atoms with Gasteiger partial charge in [-0.05, 0) is 31.0 Å². The molecule has 0 saturated carbocycles. The van der Waals surface area contributed by atoms with Crippen molar-refractivity contribution in [1.29, 1.82) is 0 Å². The quantitative estimate of drug-likeness (QED) is 0.917. The van der Waals surface area contributed by atoms with E-state index < -0.39 is 18.6 Å². The first-order valence-corrected chi connectivity index (χ1v) is 6.36. The van der Waals surface area contributed by atoms with Crippen LogP contribution in [0.25, 0.3) is 0 Å². The number of aliphatic carboxylic acids is 1. The molecule has 1 heterocycles. The second-order valence-corrected chi connectivity index (χ2v) is 4.74. The zero-order valence-electron chi connectivity index (χ0n) is 10.2. The third-order valence-corrected chi connectivity index (χ3v) is 3.12. The van der Waals surface area contributed by atoms with Crippen molar-refractivity contribution in [1.82, 2.24) is 0 Å². The van der Waals surface area contributed by atoms with Crippen LogP contribution < -0.4 is 4.90 Å². The average Bonchev–Trinajstić information content (AvgIpc) is 2.88. The fourth-order valence-corrected chi connectivity index (χ4v) is 2.21. The highest BCUT2D eigenvalue weighted by atomic mass is 35.5. The number of anilines is 1. The summed E-state index contributed by atoms with van der Waals surface area (Å²) >= 11 is 5.87. The van der Waals surface area contributed by atoms with Crippen molar-refractivity contribution in [2.75, 3.05) is 18.1 Å². The van der Waals surface area contributed by atoms with Crippen LogP contribution in [0.2, 0.25) is 5.02 Å². The molecule has 2 rings (SSSR count). The minimum absolute atomic E-state index is 0.331. The Morgan fingerprint density at radius 1 is 1.47 bits per heavy atom. The molecule has 19 heavy (non-hydrogen) atoms. The van der Waals surface area contributed by atoms with Gasteiger partial charge in [0.2, 0.25) is 0 Å². The highest BCUT2D eigenvalue weighted by molar-refractivity contribution is 6.31. The van der Waals surface area contributed by atoms with Crippen molar-refractivity contribution < 1.29 is 19.4 Å². The Balaban J connectivity index is 2.24. The van der Waals surface area contributed by atoms with Gasteiger partial charge in [-0.25, -0.2) is 0 Å². The Bertz CT molecular complexity index is 485. The first-order valence-electron chi connectivity index (χ1n) is 5.98. The predicted molar refractivity (Wildman–Crippen MR) is 70.4 cm³/mol. The van der Waals surface area contributed by atoms with Gasteiger partial charge >= 0.3 is 5.97 Å². The maximum absolute atomic E-state index is 12.3. The summed E-state index contributed by atoms with van der Waals surface area (Å²) in [5, 5.41) is 9.39. The van der Waals surface area contributed by atoms with Gasteiger partial charge in [0.1, 0.15) is 12.6 Å². The van der Waals surface area contributed by atoms with Crippen LogP contribution in [0.4, 0.5) is 5.69 Å². The number of amides is 1. The van der Waals surface area contributed by atoms with E-state index in [1.165, 1.54) is 4.90 Å². The molecule has 0 spiro atoms. The highest BCUT2D eigenvalue weighted by Crippen LogP contribution is 2.23. The monoisotopic (exact) mass is 283 g/mol. The molecule has 1 aliphatic rings. The lowest BCUT2D eigenvalue weighted by atomic mass is 10.2. The first kappa shape index (κ1) is 13.8. The number of benzene rings is 1.